The van der Waals surface area contributed by atoms with Crippen LogP contribution < -0.4 is 4.74 Å². The van der Waals surface area contributed by atoms with Crippen LogP contribution in [-0.2, 0) is 11.2 Å². The lowest BCUT2D eigenvalue weighted by Crippen LogP contribution is -2.31. The lowest BCUT2D eigenvalue weighted by Gasteiger charge is -2.29. The lowest BCUT2D eigenvalue weighted by atomic mass is 9.77. The molecule has 0 fully saturated rings. The topological polar surface area (TPSA) is 41.9 Å². The molecule has 2 atom stereocenters. The Kier molecular flexibility index (Phi) is 4.57. The van der Waals surface area contributed by atoms with E-state index in [-0.39, 0.29) is 17.9 Å². The smallest absolute Gasteiger partial charge is 0.242 e. The van der Waals surface area contributed by atoms with Crippen molar-refractivity contribution < 1.29 is 9.53 Å². The Labute approximate surface area is 162 Å². The molecule has 0 unspecified atom stereocenters. The summed E-state index contributed by atoms with van der Waals surface area (Å²) in [4.78, 5) is 12.6. The van der Waals surface area contributed by atoms with Crippen LogP contribution in [-0.4, -0.2) is 23.7 Å². The zero-order valence-electron chi connectivity index (χ0n) is 14.9. The van der Waals surface area contributed by atoms with E-state index >= 15 is 0 Å². The van der Waals surface area contributed by atoms with E-state index in [9.17, 15) is 4.79 Å². The largest absolute Gasteiger partial charge is 0.497 e. The third-order valence-electron chi connectivity index (χ3n) is 5.29. The Morgan fingerprint density at radius 1 is 1.27 bits per heavy atom. The van der Waals surface area contributed by atoms with E-state index in [0.29, 0.717) is 6.42 Å². The van der Waals surface area contributed by atoms with Crippen LogP contribution >= 0.6 is 15.9 Å². The summed E-state index contributed by atoms with van der Waals surface area (Å²) in [5, 5.41) is 6.52. The van der Waals surface area contributed by atoms with Crippen molar-refractivity contribution in [2.75, 3.05) is 7.11 Å². The van der Waals surface area contributed by atoms with Gasteiger partial charge in [-0.15, -0.1) is 0 Å². The summed E-state index contributed by atoms with van der Waals surface area (Å²) >= 11 is 3.49. The first kappa shape index (κ1) is 17.3. The monoisotopic (exact) mass is 412 g/mol. The molecule has 4 rings (SSSR count). The van der Waals surface area contributed by atoms with E-state index in [2.05, 4.69) is 40.2 Å². The van der Waals surface area contributed by atoms with Gasteiger partial charge in [0.15, 0.2) is 0 Å². The average molecular weight is 413 g/mol. The summed E-state index contributed by atoms with van der Waals surface area (Å²) in [6, 6.07) is 14.4. The highest BCUT2D eigenvalue weighted by Gasteiger charge is 2.43. The molecular weight excluding hydrogens is 392 g/mol. The van der Waals surface area contributed by atoms with Crippen LogP contribution in [0.3, 0.4) is 0 Å². The van der Waals surface area contributed by atoms with Gasteiger partial charge in [-0.25, -0.2) is 5.01 Å². The lowest BCUT2D eigenvalue weighted by molar-refractivity contribution is -0.133. The maximum absolute atomic E-state index is 12.6. The first-order chi connectivity index (χ1) is 12.6. The summed E-state index contributed by atoms with van der Waals surface area (Å²) in [6.07, 6.45) is 2.40. The van der Waals surface area contributed by atoms with Crippen molar-refractivity contribution in [2.24, 2.45) is 11.0 Å². The van der Waals surface area contributed by atoms with E-state index < -0.39 is 0 Å². The molecule has 0 bridgehead atoms. The Morgan fingerprint density at radius 2 is 2.04 bits per heavy atom. The molecule has 2 aromatic rings. The number of benzene rings is 2. The molecule has 0 N–H and O–H groups in total. The van der Waals surface area contributed by atoms with E-state index in [1.807, 2.05) is 25.1 Å². The Bertz CT molecular complexity index is 876. The minimum Gasteiger partial charge on any atom is -0.497 e. The summed E-state index contributed by atoms with van der Waals surface area (Å²) in [5.74, 6) is 1.16. The number of rotatable bonds is 3. The number of carbonyl (C=O) groups is 1. The predicted molar refractivity (Wildman–Crippen MR) is 105 cm³/mol. The first-order valence-electron chi connectivity index (χ1n) is 8.95. The minimum absolute atomic E-state index is 0.0270. The number of hydrogen-bond acceptors (Lipinski definition) is 3. The van der Waals surface area contributed by atoms with E-state index in [0.717, 1.165) is 39.9 Å². The molecule has 0 aromatic heterocycles. The minimum atomic E-state index is -0.0270. The fraction of sp³-hybridized carbons (Fsp3) is 0.333. The summed E-state index contributed by atoms with van der Waals surface area (Å²) in [6.45, 7) is 1.89. The third-order valence-corrected chi connectivity index (χ3v) is 5.82. The summed E-state index contributed by atoms with van der Waals surface area (Å²) in [7, 11) is 1.69. The van der Waals surface area contributed by atoms with Gasteiger partial charge in [0.05, 0.1) is 18.9 Å². The molecule has 1 heterocycles. The number of hydrogen-bond donors (Lipinski definition) is 0. The van der Waals surface area contributed by atoms with Crippen molar-refractivity contribution >= 4 is 27.5 Å². The summed E-state index contributed by atoms with van der Waals surface area (Å²) < 4.78 is 6.40. The van der Waals surface area contributed by atoms with Crippen molar-refractivity contribution in [3.05, 3.63) is 63.6 Å². The molecule has 0 radical (unpaired) electrons. The van der Waals surface area contributed by atoms with Crippen molar-refractivity contribution in [3.63, 3.8) is 0 Å². The van der Waals surface area contributed by atoms with Crippen LogP contribution in [0.5, 0.6) is 5.75 Å². The van der Waals surface area contributed by atoms with Crippen molar-refractivity contribution in [1.29, 1.82) is 0 Å². The number of nitrogens with zero attached hydrogens (tertiary/aromatic N) is 2. The maximum Gasteiger partial charge on any atom is 0.242 e. The van der Waals surface area contributed by atoms with E-state index in [4.69, 9.17) is 9.84 Å². The van der Waals surface area contributed by atoms with Gasteiger partial charge in [-0.05, 0) is 54.3 Å². The van der Waals surface area contributed by atoms with Crippen LogP contribution in [0.4, 0.5) is 0 Å². The number of amides is 1. The second kappa shape index (κ2) is 6.88. The van der Waals surface area contributed by atoms with Gasteiger partial charge < -0.3 is 4.74 Å². The van der Waals surface area contributed by atoms with Gasteiger partial charge in [0.25, 0.3) is 0 Å². The van der Waals surface area contributed by atoms with E-state index in [1.165, 1.54) is 5.56 Å². The predicted octanol–water partition coefficient (Wildman–Crippen LogP) is 4.72. The van der Waals surface area contributed by atoms with Gasteiger partial charge in [-0.1, -0.05) is 35.0 Å². The van der Waals surface area contributed by atoms with E-state index in [1.54, 1.807) is 12.1 Å². The van der Waals surface area contributed by atoms with Crippen molar-refractivity contribution in [2.45, 2.75) is 32.2 Å². The zero-order chi connectivity index (χ0) is 18.3. The van der Waals surface area contributed by atoms with Crippen LogP contribution in [0.15, 0.2) is 52.0 Å². The third kappa shape index (κ3) is 2.84. The molecule has 0 saturated heterocycles. The fourth-order valence-corrected chi connectivity index (χ4v) is 4.26. The van der Waals surface area contributed by atoms with Gasteiger partial charge in [-0.3, -0.25) is 4.79 Å². The van der Waals surface area contributed by atoms with Crippen molar-refractivity contribution in [3.8, 4) is 5.75 Å². The second-order valence-electron chi connectivity index (χ2n) is 6.74. The molecule has 0 spiro atoms. The molecule has 134 valence electrons. The quantitative estimate of drug-likeness (QED) is 0.731. The maximum atomic E-state index is 12.6. The van der Waals surface area contributed by atoms with Crippen LogP contribution in [0, 0.1) is 5.92 Å². The molecule has 5 heteroatoms. The molecule has 1 amide bonds. The fourth-order valence-electron chi connectivity index (χ4n) is 3.99. The second-order valence-corrected chi connectivity index (χ2v) is 7.66. The number of methoxy groups -OCH3 is 1. The van der Waals surface area contributed by atoms with Crippen LogP contribution in [0.25, 0.3) is 0 Å². The molecule has 2 aromatic carbocycles. The Balaban J connectivity index is 1.78. The molecular formula is C21H21BrN2O2. The number of aryl methyl sites for hydroxylation is 1. The van der Waals surface area contributed by atoms with Gasteiger partial charge in [0.2, 0.25) is 5.91 Å². The average Bonchev–Trinajstić information content (AvgIpc) is 3.07. The number of fused-ring (bicyclic) bond motifs is 3. The molecule has 4 nitrogen and oxygen atoms in total. The molecule has 1 aliphatic carbocycles. The highest BCUT2D eigenvalue weighted by atomic mass is 79.9. The van der Waals surface area contributed by atoms with Gasteiger partial charge in [-0.2, -0.15) is 5.10 Å². The highest BCUT2D eigenvalue weighted by molar-refractivity contribution is 9.10. The van der Waals surface area contributed by atoms with Gasteiger partial charge in [0, 0.05) is 22.4 Å². The number of hydrazone groups is 1. The molecule has 0 saturated carbocycles. The first-order valence-corrected chi connectivity index (χ1v) is 9.75. The molecule has 2 aliphatic rings. The van der Waals surface area contributed by atoms with Crippen LogP contribution in [0.2, 0.25) is 0 Å². The molecule has 1 aliphatic heterocycles. The standard InChI is InChI=1S/C21H21BrN2O2/c1-3-19(25)24-21(13-4-7-15(22)8-5-13)18-10-6-14-12-16(26-2)9-11-17(14)20(18)23-24/h4-5,7-9,11-12,18,21H,3,6,10H2,1-2H3/t18-,21-/m1/s1. The van der Waals surface area contributed by atoms with Gasteiger partial charge >= 0.3 is 0 Å². The Hall–Kier alpha value is -2.14. The Morgan fingerprint density at radius 3 is 2.73 bits per heavy atom. The number of halogens is 1. The van der Waals surface area contributed by atoms with Gasteiger partial charge in [0.1, 0.15) is 5.75 Å². The SMILES string of the molecule is CCC(=O)N1N=C2c3ccc(OC)cc3CC[C@H]2[C@H]1c1ccc(Br)cc1. The number of carbonyl (C=O) groups excluding carboxylic acids is 1. The highest BCUT2D eigenvalue weighted by Crippen LogP contribution is 2.44. The molecule has 26 heavy (non-hydrogen) atoms. The van der Waals surface area contributed by atoms with Crippen LogP contribution in [0.1, 0.15) is 42.5 Å². The zero-order valence-corrected chi connectivity index (χ0v) is 16.5. The number of ether oxygens (including phenoxy) is 1. The normalized spacial score (nSPS) is 21.0. The summed E-state index contributed by atoms with van der Waals surface area (Å²) in [5.41, 5.74) is 4.56. The van der Waals surface area contributed by atoms with Crippen molar-refractivity contribution in [1.82, 2.24) is 5.01 Å².